The number of hydrogen-bond donors (Lipinski definition) is 1. The summed E-state index contributed by atoms with van der Waals surface area (Å²) >= 11 is 0. The third-order valence-electron chi connectivity index (χ3n) is 3.30. The van der Waals surface area contributed by atoms with E-state index < -0.39 is 11.9 Å². The maximum absolute atomic E-state index is 12.1. The average molecular weight is 277 g/mol. The van der Waals surface area contributed by atoms with E-state index in [1.807, 2.05) is 26.0 Å². The lowest BCUT2D eigenvalue weighted by Gasteiger charge is -2.36. The van der Waals surface area contributed by atoms with E-state index in [1.165, 1.54) is 0 Å². The zero-order chi connectivity index (χ0) is 14.7. The largest absolute Gasteiger partial charge is 0.481 e. The Kier molecular flexibility index (Phi) is 4.39. The van der Waals surface area contributed by atoms with Crippen molar-refractivity contribution in [2.75, 3.05) is 13.1 Å². The third kappa shape index (κ3) is 3.36. The number of benzene rings is 1. The monoisotopic (exact) mass is 277 g/mol. The lowest BCUT2D eigenvalue weighted by atomic mass is 9.99. The van der Waals surface area contributed by atoms with Crippen molar-refractivity contribution in [3.8, 4) is 0 Å². The maximum Gasteiger partial charge on any atom is 0.310 e. The van der Waals surface area contributed by atoms with Gasteiger partial charge in [0.05, 0.1) is 18.6 Å². The molecule has 0 aromatic heterocycles. The highest BCUT2D eigenvalue weighted by Crippen LogP contribution is 2.19. The van der Waals surface area contributed by atoms with Crippen LogP contribution in [-0.4, -0.2) is 41.1 Å². The van der Waals surface area contributed by atoms with Gasteiger partial charge in [0, 0.05) is 18.7 Å². The topological polar surface area (TPSA) is 66.8 Å². The number of carbonyl (C=O) groups is 2. The summed E-state index contributed by atoms with van der Waals surface area (Å²) in [5.74, 6) is -1.37. The van der Waals surface area contributed by atoms with Crippen LogP contribution in [0.2, 0.25) is 0 Å². The fourth-order valence-electron chi connectivity index (χ4n) is 1.99. The summed E-state index contributed by atoms with van der Waals surface area (Å²) in [6.07, 6.45) is 0.172. The number of ether oxygens (including phenoxy) is 1. The van der Waals surface area contributed by atoms with E-state index in [-0.39, 0.29) is 12.0 Å². The second kappa shape index (κ2) is 6.05. The Morgan fingerprint density at radius 3 is 2.40 bits per heavy atom. The molecule has 2 rings (SSSR count). The molecule has 0 radical (unpaired) electrons. The molecule has 0 unspecified atom stereocenters. The molecule has 5 nitrogen and oxygen atoms in total. The van der Waals surface area contributed by atoms with Gasteiger partial charge >= 0.3 is 5.97 Å². The first-order chi connectivity index (χ1) is 9.47. The maximum atomic E-state index is 12.1. The van der Waals surface area contributed by atoms with Gasteiger partial charge in [-0.2, -0.15) is 0 Å². The second-order valence-corrected chi connectivity index (χ2v) is 5.30. The fourth-order valence-corrected chi connectivity index (χ4v) is 1.99. The van der Waals surface area contributed by atoms with Crippen LogP contribution in [-0.2, 0) is 16.1 Å². The van der Waals surface area contributed by atoms with Crippen LogP contribution < -0.4 is 0 Å². The van der Waals surface area contributed by atoms with E-state index in [0.29, 0.717) is 25.3 Å². The smallest absolute Gasteiger partial charge is 0.310 e. The van der Waals surface area contributed by atoms with Crippen molar-refractivity contribution >= 4 is 11.9 Å². The molecule has 1 aromatic carbocycles. The minimum absolute atomic E-state index is 0.112. The van der Waals surface area contributed by atoms with Gasteiger partial charge in [0.1, 0.15) is 0 Å². The lowest BCUT2D eigenvalue weighted by molar-refractivity contribution is -0.146. The van der Waals surface area contributed by atoms with Crippen molar-refractivity contribution in [2.45, 2.75) is 26.6 Å². The summed E-state index contributed by atoms with van der Waals surface area (Å²) < 4.78 is 5.49. The Balaban J connectivity index is 1.90. The summed E-state index contributed by atoms with van der Waals surface area (Å²) in [6, 6.07) is 7.25. The number of hydrogen-bond acceptors (Lipinski definition) is 3. The zero-order valence-corrected chi connectivity index (χ0v) is 11.7. The van der Waals surface area contributed by atoms with Crippen molar-refractivity contribution in [1.29, 1.82) is 0 Å². The molecule has 0 saturated carbocycles. The van der Waals surface area contributed by atoms with Gasteiger partial charge in [-0.1, -0.05) is 12.1 Å². The molecule has 1 fully saturated rings. The molecular weight excluding hydrogens is 258 g/mol. The van der Waals surface area contributed by atoms with Gasteiger partial charge in [0.25, 0.3) is 5.91 Å². The van der Waals surface area contributed by atoms with E-state index in [9.17, 15) is 9.59 Å². The van der Waals surface area contributed by atoms with Crippen molar-refractivity contribution < 1.29 is 19.4 Å². The Labute approximate surface area is 118 Å². The molecule has 1 aromatic rings. The number of nitrogens with zero attached hydrogens (tertiary/aromatic N) is 1. The number of likely N-dealkylation sites (tertiary alicyclic amines) is 1. The van der Waals surface area contributed by atoms with Gasteiger partial charge in [-0.3, -0.25) is 9.59 Å². The van der Waals surface area contributed by atoms with Gasteiger partial charge < -0.3 is 14.7 Å². The Morgan fingerprint density at radius 2 is 1.90 bits per heavy atom. The summed E-state index contributed by atoms with van der Waals surface area (Å²) in [5, 5.41) is 8.79. The molecule has 0 atom stereocenters. The summed E-state index contributed by atoms with van der Waals surface area (Å²) in [5.41, 5.74) is 1.60. The number of aliphatic carboxylic acids is 1. The van der Waals surface area contributed by atoms with Crippen LogP contribution in [0, 0.1) is 5.92 Å². The predicted molar refractivity (Wildman–Crippen MR) is 73.4 cm³/mol. The van der Waals surface area contributed by atoms with Crippen LogP contribution >= 0.6 is 0 Å². The van der Waals surface area contributed by atoms with E-state index in [0.717, 1.165) is 5.56 Å². The second-order valence-electron chi connectivity index (χ2n) is 5.30. The molecule has 0 spiro atoms. The molecule has 1 aliphatic heterocycles. The Bertz CT molecular complexity index is 489. The molecular formula is C15H19NO4. The Morgan fingerprint density at radius 1 is 1.30 bits per heavy atom. The first-order valence-corrected chi connectivity index (χ1v) is 6.70. The van der Waals surface area contributed by atoms with Crippen LogP contribution in [0.1, 0.15) is 29.8 Å². The molecule has 1 heterocycles. The van der Waals surface area contributed by atoms with Crippen molar-refractivity contribution in [3.63, 3.8) is 0 Å². The van der Waals surface area contributed by atoms with Crippen LogP contribution in [0.25, 0.3) is 0 Å². The van der Waals surface area contributed by atoms with Crippen LogP contribution in [0.15, 0.2) is 24.3 Å². The first kappa shape index (κ1) is 14.5. The number of rotatable bonds is 5. The standard InChI is InChI=1S/C15H19NO4/c1-10(2)20-9-11-3-5-12(6-4-11)14(17)16-7-13(8-16)15(18)19/h3-6,10,13H,7-9H2,1-2H3,(H,18,19). The molecule has 5 heteroatoms. The molecule has 1 aliphatic rings. The predicted octanol–water partition coefficient (Wildman–Crippen LogP) is 1.77. The molecule has 20 heavy (non-hydrogen) atoms. The third-order valence-corrected chi connectivity index (χ3v) is 3.30. The lowest BCUT2D eigenvalue weighted by Crippen LogP contribution is -2.53. The number of amides is 1. The first-order valence-electron chi connectivity index (χ1n) is 6.70. The van der Waals surface area contributed by atoms with Gasteiger partial charge in [-0.25, -0.2) is 0 Å². The van der Waals surface area contributed by atoms with Crippen molar-refractivity contribution in [3.05, 3.63) is 35.4 Å². The average Bonchev–Trinajstić information content (AvgIpc) is 2.34. The van der Waals surface area contributed by atoms with Crippen LogP contribution in [0.4, 0.5) is 0 Å². The molecule has 0 aliphatic carbocycles. The molecule has 0 bridgehead atoms. The summed E-state index contributed by atoms with van der Waals surface area (Å²) in [6.45, 7) is 5.07. The van der Waals surface area contributed by atoms with Gasteiger partial charge in [-0.05, 0) is 31.5 Å². The van der Waals surface area contributed by atoms with E-state index in [4.69, 9.17) is 9.84 Å². The fraction of sp³-hybridized carbons (Fsp3) is 0.467. The molecule has 1 N–H and O–H groups in total. The minimum atomic E-state index is -0.838. The highest BCUT2D eigenvalue weighted by atomic mass is 16.5. The Hall–Kier alpha value is -1.88. The zero-order valence-electron chi connectivity index (χ0n) is 11.7. The van der Waals surface area contributed by atoms with E-state index in [2.05, 4.69) is 0 Å². The highest BCUT2D eigenvalue weighted by molar-refractivity contribution is 5.95. The van der Waals surface area contributed by atoms with Crippen LogP contribution in [0.3, 0.4) is 0 Å². The van der Waals surface area contributed by atoms with Crippen LogP contribution in [0.5, 0.6) is 0 Å². The normalized spacial score (nSPS) is 15.2. The summed E-state index contributed by atoms with van der Waals surface area (Å²) in [4.78, 5) is 24.3. The van der Waals surface area contributed by atoms with Crippen molar-refractivity contribution in [2.24, 2.45) is 5.92 Å². The van der Waals surface area contributed by atoms with Gasteiger partial charge in [-0.15, -0.1) is 0 Å². The highest BCUT2D eigenvalue weighted by Gasteiger charge is 2.35. The molecule has 1 saturated heterocycles. The van der Waals surface area contributed by atoms with Gasteiger partial charge in [0.15, 0.2) is 0 Å². The van der Waals surface area contributed by atoms with Gasteiger partial charge in [0.2, 0.25) is 0 Å². The number of carbonyl (C=O) groups excluding carboxylic acids is 1. The molecule has 1 amide bonds. The number of carboxylic acids is 1. The van der Waals surface area contributed by atoms with E-state index >= 15 is 0 Å². The van der Waals surface area contributed by atoms with E-state index in [1.54, 1.807) is 17.0 Å². The summed E-state index contributed by atoms with van der Waals surface area (Å²) in [7, 11) is 0. The number of carboxylic acid groups (broad SMARTS) is 1. The minimum Gasteiger partial charge on any atom is -0.481 e. The van der Waals surface area contributed by atoms with Crippen molar-refractivity contribution in [1.82, 2.24) is 4.90 Å². The quantitative estimate of drug-likeness (QED) is 0.890. The SMILES string of the molecule is CC(C)OCc1ccc(C(=O)N2CC(C(=O)O)C2)cc1. The molecule has 108 valence electrons.